The molecule has 0 aliphatic carbocycles. The van der Waals surface area contributed by atoms with Crippen LogP contribution >= 0.6 is 15.9 Å². The minimum absolute atomic E-state index is 0.357. The van der Waals surface area contributed by atoms with Gasteiger partial charge in [0.15, 0.2) is 0 Å². The van der Waals surface area contributed by atoms with Crippen LogP contribution in [0, 0.1) is 0 Å². The number of nitrogens with zero attached hydrogens (tertiary/aromatic N) is 1. The van der Waals surface area contributed by atoms with Crippen molar-refractivity contribution in [1.29, 1.82) is 0 Å². The predicted octanol–water partition coefficient (Wildman–Crippen LogP) is 3.14. The zero-order chi connectivity index (χ0) is 13.1. The molecule has 1 aliphatic heterocycles. The van der Waals surface area contributed by atoms with Gasteiger partial charge in [-0.25, -0.2) is 4.98 Å². The Kier molecular flexibility index (Phi) is 3.80. The number of aromatic nitrogens is 1. The molecule has 3 nitrogen and oxygen atoms in total. The molecule has 1 unspecified atom stereocenters. The molecule has 98 valence electrons. The van der Waals surface area contributed by atoms with Crippen molar-refractivity contribution in [2.45, 2.75) is 12.5 Å². The predicted molar refractivity (Wildman–Crippen MR) is 81.3 cm³/mol. The molecule has 1 aromatic carbocycles. The second kappa shape index (κ2) is 5.72. The van der Waals surface area contributed by atoms with E-state index >= 15 is 0 Å². The van der Waals surface area contributed by atoms with Gasteiger partial charge in [-0.15, -0.1) is 0 Å². The lowest BCUT2D eigenvalue weighted by Crippen LogP contribution is -2.34. The monoisotopic (exact) mass is 317 g/mol. The Labute approximate surface area is 121 Å². The van der Waals surface area contributed by atoms with Crippen LogP contribution in [0.4, 0.5) is 5.82 Å². The molecule has 1 atom stereocenters. The number of hydrogen-bond donors (Lipinski definition) is 2. The van der Waals surface area contributed by atoms with E-state index in [1.807, 2.05) is 18.3 Å². The Morgan fingerprint density at radius 3 is 3.00 bits per heavy atom. The minimum atomic E-state index is 0.357. The number of fused-ring (bicyclic) bond motifs is 1. The van der Waals surface area contributed by atoms with E-state index in [-0.39, 0.29) is 0 Å². The van der Waals surface area contributed by atoms with Crippen LogP contribution in [0.1, 0.15) is 17.2 Å². The Morgan fingerprint density at radius 2 is 2.16 bits per heavy atom. The zero-order valence-corrected chi connectivity index (χ0v) is 12.2. The van der Waals surface area contributed by atoms with Crippen LogP contribution in [0.2, 0.25) is 0 Å². The Bertz CT molecular complexity index is 554. The zero-order valence-electron chi connectivity index (χ0n) is 10.6. The number of pyridine rings is 1. The third-order valence-corrected chi connectivity index (χ3v) is 3.90. The van der Waals surface area contributed by atoms with Gasteiger partial charge in [-0.1, -0.05) is 24.3 Å². The molecule has 3 rings (SSSR count). The van der Waals surface area contributed by atoms with Gasteiger partial charge in [0.05, 0.1) is 0 Å². The molecule has 2 aromatic rings. The molecule has 0 fully saturated rings. The van der Waals surface area contributed by atoms with Gasteiger partial charge in [0, 0.05) is 23.3 Å². The molecular weight excluding hydrogens is 302 g/mol. The maximum absolute atomic E-state index is 4.33. The van der Waals surface area contributed by atoms with Crippen LogP contribution in [-0.2, 0) is 6.42 Å². The second-order valence-corrected chi connectivity index (χ2v) is 5.61. The van der Waals surface area contributed by atoms with Crippen molar-refractivity contribution in [3.63, 3.8) is 0 Å². The quantitative estimate of drug-likeness (QED) is 0.913. The summed E-state index contributed by atoms with van der Waals surface area (Å²) in [6, 6.07) is 13.0. The highest BCUT2D eigenvalue weighted by Crippen LogP contribution is 2.22. The van der Waals surface area contributed by atoms with E-state index in [2.05, 4.69) is 55.8 Å². The summed E-state index contributed by atoms with van der Waals surface area (Å²) in [6.45, 7) is 1.89. The van der Waals surface area contributed by atoms with Gasteiger partial charge in [-0.3, -0.25) is 0 Å². The molecular formula is C15H16BrN3. The Balaban J connectivity index is 1.69. The fraction of sp³-hybridized carbons (Fsp3) is 0.267. The maximum Gasteiger partial charge on any atom is 0.126 e. The number of hydrogen-bond acceptors (Lipinski definition) is 3. The molecule has 2 N–H and O–H groups in total. The van der Waals surface area contributed by atoms with Gasteiger partial charge in [0.2, 0.25) is 0 Å². The van der Waals surface area contributed by atoms with E-state index in [9.17, 15) is 0 Å². The highest BCUT2D eigenvalue weighted by atomic mass is 79.9. The van der Waals surface area contributed by atoms with Crippen LogP contribution < -0.4 is 10.6 Å². The summed E-state index contributed by atoms with van der Waals surface area (Å²) < 4.78 is 0.999. The lowest BCUT2D eigenvalue weighted by atomic mass is 9.94. The molecule has 0 bridgehead atoms. The molecule has 19 heavy (non-hydrogen) atoms. The van der Waals surface area contributed by atoms with E-state index in [1.54, 1.807) is 0 Å². The standard InChI is InChI=1S/C15H16BrN3/c16-12-5-6-15(18-9-12)19-10-14-13-4-2-1-3-11(13)7-8-17-14/h1-6,9,14,17H,7-8,10H2,(H,18,19). The summed E-state index contributed by atoms with van der Waals surface area (Å²) in [6.07, 6.45) is 2.92. The van der Waals surface area contributed by atoms with Gasteiger partial charge in [0.1, 0.15) is 5.82 Å². The lowest BCUT2D eigenvalue weighted by Gasteiger charge is -2.27. The van der Waals surface area contributed by atoms with Crippen molar-refractivity contribution in [1.82, 2.24) is 10.3 Å². The fourth-order valence-electron chi connectivity index (χ4n) is 2.46. The Hall–Kier alpha value is -1.39. The van der Waals surface area contributed by atoms with E-state index in [0.717, 1.165) is 29.8 Å². The van der Waals surface area contributed by atoms with Crippen molar-refractivity contribution < 1.29 is 0 Å². The second-order valence-electron chi connectivity index (χ2n) is 4.70. The van der Waals surface area contributed by atoms with Crippen LogP contribution in [0.3, 0.4) is 0 Å². The summed E-state index contributed by atoms with van der Waals surface area (Å²) >= 11 is 3.39. The van der Waals surface area contributed by atoms with Gasteiger partial charge in [0.25, 0.3) is 0 Å². The first-order valence-corrected chi connectivity index (χ1v) is 7.29. The van der Waals surface area contributed by atoms with Crippen LogP contribution in [-0.4, -0.2) is 18.1 Å². The van der Waals surface area contributed by atoms with Crippen LogP contribution in [0.15, 0.2) is 47.1 Å². The van der Waals surface area contributed by atoms with E-state index in [0.29, 0.717) is 6.04 Å². The average Bonchev–Trinajstić information content (AvgIpc) is 2.47. The van der Waals surface area contributed by atoms with Crippen molar-refractivity contribution in [3.05, 3.63) is 58.2 Å². The van der Waals surface area contributed by atoms with Crippen molar-refractivity contribution >= 4 is 21.7 Å². The molecule has 1 aliphatic rings. The molecule has 4 heteroatoms. The van der Waals surface area contributed by atoms with Gasteiger partial charge < -0.3 is 10.6 Å². The topological polar surface area (TPSA) is 37.0 Å². The molecule has 0 radical (unpaired) electrons. The summed E-state index contributed by atoms with van der Waals surface area (Å²) in [5.74, 6) is 0.910. The molecule has 0 spiro atoms. The number of benzene rings is 1. The summed E-state index contributed by atoms with van der Waals surface area (Å²) in [4.78, 5) is 4.33. The van der Waals surface area contributed by atoms with Crippen molar-refractivity contribution in [3.8, 4) is 0 Å². The number of halogens is 1. The molecule has 2 heterocycles. The molecule has 0 saturated carbocycles. The first-order valence-electron chi connectivity index (χ1n) is 6.49. The van der Waals surface area contributed by atoms with E-state index in [4.69, 9.17) is 0 Å². The van der Waals surface area contributed by atoms with Crippen LogP contribution in [0.25, 0.3) is 0 Å². The Morgan fingerprint density at radius 1 is 1.26 bits per heavy atom. The van der Waals surface area contributed by atoms with Crippen molar-refractivity contribution in [2.24, 2.45) is 0 Å². The smallest absolute Gasteiger partial charge is 0.126 e. The molecule has 0 saturated heterocycles. The first kappa shape index (κ1) is 12.6. The average molecular weight is 318 g/mol. The van der Waals surface area contributed by atoms with Gasteiger partial charge in [-0.05, 0) is 52.2 Å². The van der Waals surface area contributed by atoms with Crippen molar-refractivity contribution in [2.75, 3.05) is 18.4 Å². The third kappa shape index (κ3) is 2.96. The number of rotatable bonds is 3. The highest BCUT2D eigenvalue weighted by Gasteiger charge is 2.18. The highest BCUT2D eigenvalue weighted by molar-refractivity contribution is 9.10. The third-order valence-electron chi connectivity index (χ3n) is 3.43. The van der Waals surface area contributed by atoms with E-state index < -0.39 is 0 Å². The van der Waals surface area contributed by atoms with Crippen LogP contribution in [0.5, 0.6) is 0 Å². The fourth-order valence-corrected chi connectivity index (χ4v) is 2.70. The molecule has 1 aromatic heterocycles. The SMILES string of the molecule is Brc1ccc(NCC2NCCc3ccccc32)nc1. The minimum Gasteiger partial charge on any atom is -0.368 e. The molecule has 0 amide bonds. The maximum atomic E-state index is 4.33. The summed E-state index contributed by atoms with van der Waals surface area (Å²) in [5.41, 5.74) is 2.86. The van der Waals surface area contributed by atoms with Gasteiger partial charge >= 0.3 is 0 Å². The van der Waals surface area contributed by atoms with E-state index in [1.165, 1.54) is 11.1 Å². The summed E-state index contributed by atoms with van der Waals surface area (Å²) in [5, 5.41) is 6.95. The first-order chi connectivity index (χ1) is 9.33. The van der Waals surface area contributed by atoms with Gasteiger partial charge in [-0.2, -0.15) is 0 Å². The number of anilines is 1. The summed E-state index contributed by atoms with van der Waals surface area (Å²) in [7, 11) is 0. The number of nitrogens with one attached hydrogen (secondary N) is 2. The normalized spacial score (nSPS) is 17.8. The largest absolute Gasteiger partial charge is 0.368 e. The lowest BCUT2D eigenvalue weighted by molar-refractivity contribution is 0.523.